The first kappa shape index (κ1) is 20.0. The van der Waals surface area contributed by atoms with Crippen molar-refractivity contribution in [2.45, 2.75) is 27.0 Å². The molecule has 0 aliphatic carbocycles. The number of benzene rings is 1. The molecule has 7 heteroatoms. The number of carbonyl (C=O) groups excluding carboxylic acids is 1. The molecule has 1 N–H and O–H groups in total. The van der Waals surface area contributed by atoms with Gasteiger partial charge in [-0.2, -0.15) is 0 Å². The first-order chi connectivity index (χ1) is 12.7. The molecule has 26 heavy (non-hydrogen) atoms. The van der Waals surface area contributed by atoms with Gasteiger partial charge < -0.3 is 24.6 Å². The Morgan fingerprint density at radius 1 is 1.12 bits per heavy atom. The SMILES string of the molecule is CCNC(=NCc1ccccc1COC)N1CCN(C(=O)OCC)CC1. The molecule has 1 amide bonds. The van der Waals surface area contributed by atoms with Gasteiger partial charge in [0.1, 0.15) is 0 Å². The van der Waals surface area contributed by atoms with Crippen LogP contribution in [0.25, 0.3) is 0 Å². The van der Waals surface area contributed by atoms with E-state index in [-0.39, 0.29) is 6.09 Å². The quantitative estimate of drug-likeness (QED) is 0.620. The minimum atomic E-state index is -0.234. The molecule has 1 aliphatic heterocycles. The number of carbonyl (C=O) groups is 1. The van der Waals surface area contributed by atoms with Gasteiger partial charge in [0.15, 0.2) is 5.96 Å². The van der Waals surface area contributed by atoms with Gasteiger partial charge in [-0.15, -0.1) is 0 Å². The van der Waals surface area contributed by atoms with Crippen molar-refractivity contribution in [2.75, 3.05) is 46.4 Å². The van der Waals surface area contributed by atoms with Crippen LogP contribution in [0, 0.1) is 0 Å². The summed E-state index contributed by atoms with van der Waals surface area (Å²) in [6.07, 6.45) is -0.234. The topological polar surface area (TPSA) is 66.4 Å². The maximum Gasteiger partial charge on any atom is 0.409 e. The Balaban J connectivity index is 2.00. The summed E-state index contributed by atoms with van der Waals surface area (Å²) >= 11 is 0. The van der Waals surface area contributed by atoms with Crippen molar-refractivity contribution >= 4 is 12.1 Å². The third kappa shape index (κ3) is 5.62. The van der Waals surface area contributed by atoms with Crippen LogP contribution in [0.3, 0.4) is 0 Å². The Labute approximate surface area is 156 Å². The summed E-state index contributed by atoms with van der Waals surface area (Å²) in [4.78, 5) is 20.6. The number of piperazine rings is 1. The lowest BCUT2D eigenvalue weighted by molar-refractivity contribution is 0.0914. The normalized spacial score (nSPS) is 15.1. The van der Waals surface area contributed by atoms with Crippen LogP contribution < -0.4 is 5.32 Å². The van der Waals surface area contributed by atoms with Gasteiger partial charge in [-0.3, -0.25) is 0 Å². The molecule has 0 radical (unpaired) electrons. The van der Waals surface area contributed by atoms with Gasteiger partial charge in [0.25, 0.3) is 0 Å². The van der Waals surface area contributed by atoms with Crippen LogP contribution in [0.15, 0.2) is 29.3 Å². The zero-order valence-corrected chi connectivity index (χ0v) is 16.0. The number of hydrogen-bond acceptors (Lipinski definition) is 4. The van der Waals surface area contributed by atoms with Gasteiger partial charge >= 0.3 is 6.09 Å². The van der Waals surface area contributed by atoms with Crippen molar-refractivity contribution in [2.24, 2.45) is 4.99 Å². The highest BCUT2D eigenvalue weighted by Gasteiger charge is 2.23. The highest BCUT2D eigenvalue weighted by atomic mass is 16.6. The number of rotatable bonds is 6. The molecule has 7 nitrogen and oxygen atoms in total. The summed E-state index contributed by atoms with van der Waals surface area (Å²) < 4.78 is 10.3. The third-order valence-corrected chi connectivity index (χ3v) is 4.26. The van der Waals surface area contributed by atoms with Crippen molar-refractivity contribution in [1.82, 2.24) is 15.1 Å². The molecule has 0 spiro atoms. The smallest absolute Gasteiger partial charge is 0.409 e. The van der Waals surface area contributed by atoms with E-state index in [2.05, 4.69) is 29.3 Å². The lowest BCUT2D eigenvalue weighted by Crippen LogP contribution is -2.53. The number of nitrogens with one attached hydrogen (secondary N) is 1. The second-order valence-corrected chi connectivity index (χ2v) is 6.04. The van der Waals surface area contributed by atoms with E-state index in [1.54, 1.807) is 12.0 Å². The fourth-order valence-electron chi connectivity index (χ4n) is 2.91. The molecule has 1 aromatic rings. The largest absolute Gasteiger partial charge is 0.450 e. The maximum atomic E-state index is 11.8. The van der Waals surface area contributed by atoms with Crippen LogP contribution in [0.2, 0.25) is 0 Å². The monoisotopic (exact) mass is 362 g/mol. The predicted octanol–water partition coefficient (Wildman–Crippen LogP) is 2.07. The highest BCUT2D eigenvalue weighted by molar-refractivity contribution is 5.80. The van der Waals surface area contributed by atoms with Crippen molar-refractivity contribution < 1.29 is 14.3 Å². The number of amides is 1. The number of hydrogen-bond donors (Lipinski definition) is 1. The van der Waals surface area contributed by atoms with Gasteiger partial charge in [0, 0.05) is 39.8 Å². The van der Waals surface area contributed by atoms with Crippen LogP contribution in [-0.4, -0.2) is 68.3 Å². The zero-order chi connectivity index (χ0) is 18.8. The molecule has 1 aliphatic rings. The third-order valence-electron chi connectivity index (χ3n) is 4.26. The second-order valence-electron chi connectivity index (χ2n) is 6.04. The average Bonchev–Trinajstić information content (AvgIpc) is 2.67. The first-order valence-electron chi connectivity index (χ1n) is 9.20. The van der Waals surface area contributed by atoms with Crippen molar-refractivity contribution in [3.05, 3.63) is 35.4 Å². The lowest BCUT2D eigenvalue weighted by Gasteiger charge is -2.35. The molecule has 144 valence electrons. The molecule has 2 rings (SSSR count). The summed E-state index contributed by atoms with van der Waals surface area (Å²) in [6.45, 7) is 9.04. The molecule has 1 saturated heterocycles. The highest BCUT2D eigenvalue weighted by Crippen LogP contribution is 2.12. The molecule has 0 atom stereocenters. The first-order valence-corrected chi connectivity index (χ1v) is 9.20. The number of ether oxygens (including phenoxy) is 2. The minimum Gasteiger partial charge on any atom is -0.450 e. The number of aliphatic imine (C=N–C) groups is 1. The van der Waals surface area contributed by atoms with Crippen molar-refractivity contribution in [3.8, 4) is 0 Å². The number of nitrogens with zero attached hydrogens (tertiary/aromatic N) is 3. The van der Waals surface area contributed by atoms with Crippen LogP contribution in [0.4, 0.5) is 4.79 Å². The standard InChI is InChI=1S/C19H30N4O3/c1-4-20-18(21-14-16-8-6-7-9-17(16)15-25-3)22-10-12-23(13-11-22)19(24)26-5-2/h6-9H,4-5,10-15H2,1-3H3,(H,20,21). The van der Waals surface area contributed by atoms with E-state index < -0.39 is 0 Å². The average molecular weight is 362 g/mol. The minimum absolute atomic E-state index is 0.234. The Hall–Kier alpha value is -2.28. The predicted molar refractivity (Wildman–Crippen MR) is 102 cm³/mol. The Bertz CT molecular complexity index is 598. The summed E-state index contributed by atoms with van der Waals surface area (Å²) in [5, 5.41) is 3.35. The molecule has 0 aromatic heterocycles. The Kier molecular flexibility index (Phi) is 8.21. The van der Waals surface area contributed by atoms with E-state index in [1.165, 1.54) is 0 Å². The van der Waals surface area contributed by atoms with E-state index in [0.29, 0.717) is 32.8 Å². The second kappa shape index (κ2) is 10.7. The van der Waals surface area contributed by atoms with E-state index in [9.17, 15) is 4.79 Å². The van der Waals surface area contributed by atoms with Gasteiger partial charge in [0.05, 0.1) is 19.8 Å². The molecule has 1 aromatic carbocycles. The maximum absolute atomic E-state index is 11.8. The molecular formula is C19H30N4O3. The number of methoxy groups -OCH3 is 1. The molecule has 0 saturated carbocycles. The fraction of sp³-hybridized carbons (Fsp3) is 0.579. The van der Waals surface area contributed by atoms with Crippen LogP contribution in [0.1, 0.15) is 25.0 Å². The summed E-state index contributed by atoms with van der Waals surface area (Å²) in [5.74, 6) is 0.878. The summed E-state index contributed by atoms with van der Waals surface area (Å²) in [5.41, 5.74) is 2.32. The van der Waals surface area contributed by atoms with Crippen LogP contribution in [0.5, 0.6) is 0 Å². The molecule has 0 unspecified atom stereocenters. The molecule has 1 heterocycles. The van der Waals surface area contributed by atoms with Gasteiger partial charge in [-0.25, -0.2) is 9.79 Å². The molecule has 0 bridgehead atoms. The van der Waals surface area contributed by atoms with E-state index in [0.717, 1.165) is 36.7 Å². The fourth-order valence-corrected chi connectivity index (χ4v) is 2.91. The van der Waals surface area contributed by atoms with Crippen molar-refractivity contribution in [3.63, 3.8) is 0 Å². The zero-order valence-electron chi connectivity index (χ0n) is 16.0. The van der Waals surface area contributed by atoms with Gasteiger partial charge in [-0.05, 0) is 25.0 Å². The summed E-state index contributed by atoms with van der Waals surface area (Å²) in [6, 6.07) is 8.19. The van der Waals surface area contributed by atoms with E-state index >= 15 is 0 Å². The van der Waals surface area contributed by atoms with Crippen molar-refractivity contribution in [1.29, 1.82) is 0 Å². The molecular weight excluding hydrogens is 332 g/mol. The van der Waals surface area contributed by atoms with Crippen LogP contribution >= 0.6 is 0 Å². The Morgan fingerprint density at radius 3 is 2.38 bits per heavy atom. The van der Waals surface area contributed by atoms with Gasteiger partial charge in [0.2, 0.25) is 0 Å². The number of guanidine groups is 1. The van der Waals surface area contributed by atoms with E-state index in [1.807, 2.05) is 19.1 Å². The summed E-state index contributed by atoms with van der Waals surface area (Å²) in [7, 11) is 1.70. The lowest BCUT2D eigenvalue weighted by atomic mass is 10.1. The van der Waals surface area contributed by atoms with Crippen LogP contribution in [-0.2, 0) is 22.6 Å². The Morgan fingerprint density at radius 2 is 1.77 bits per heavy atom. The molecule has 1 fully saturated rings. The van der Waals surface area contributed by atoms with E-state index in [4.69, 9.17) is 14.5 Å². The van der Waals surface area contributed by atoms with Gasteiger partial charge in [-0.1, -0.05) is 24.3 Å².